The van der Waals surface area contributed by atoms with Gasteiger partial charge in [-0.2, -0.15) is 0 Å². The molecule has 0 saturated carbocycles. The van der Waals surface area contributed by atoms with Crippen molar-refractivity contribution in [2.75, 3.05) is 6.61 Å². The Labute approximate surface area is 229 Å². The molecule has 3 N–H and O–H groups in total. The smallest absolute Gasteiger partial charge is 0.0740 e. The minimum atomic E-state index is -0.0890. The van der Waals surface area contributed by atoms with Crippen molar-refractivity contribution in [3.05, 3.63) is 94.1 Å². The van der Waals surface area contributed by atoms with Crippen LogP contribution in [0, 0.1) is 26.7 Å². The lowest BCUT2D eigenvalue weighted by atomic mass is 9.87. The molecule has 8 bridgehead atoms. The molecule has 198 valence electrons. The summed E-state index contributed by atoms with van der Waals surface area (Å²) in [5.41, 5.74) is 14.9. The zero-order chi connectivity index (χ0) is 27.5. The van der Waals surface area contributed by atoms with Gasteiger partial charge in [-0.25, -0.2) is 4.98 Å². The van der Waals surface area contributed by atoms with E-state index in [1.54, 1.807) is 0 Å². The first-order chi connectivity index (χ1) is 18.6. The van der Waals surface area contributed by atoms with Gasteiger partial charge in [0.25, 0.3) is 0 Å². The van der Waals surface area contributed by atoms with Gasteiger partial charge in [-0.3, -0.25) is 4.98 Å². The number of rotatable bonds is 3. The zero-order valence-electron chi connectivity index (χ0n) is 23.6. The third-order valence-electron chi connectivity index (χ3n) is 8.01. The maximum absolute atomic E-state index is 10.2. The highest BCUT2D eigenvalue weighted by atomic mass is 16.3. The largest absolute Gasteiger partial charge is 0.396 e. The second kappa shape index (κ2) is 9.35. The molecule has 0 fully saturated rings. The molecule has 39 heavy (non-hydrogen) atoms. The fraction of sp³-hybridized carbons (Fsp3) is 0.294. The van der Waals surface area contributed by atoms with Crippen LogP contribution in [0.15, 0.2) is 54.6 Å². The lowest BCUT2D eigenvalue weighted by molar-refractivity contribution is 0.266. The third-order valence-corrected chi connectivity index (χ3v) is 8.01. The van der Waals surface area contributed by atoms with E-state index >= 15 is 0 Å². The van der Waals surface area contributed by atoms with Gasteiger partial charge in [-0.05, 0) is 91.6 Å². The Morgan fingerprint density at radius 1 is 0.846 bits per heavy atom. The molecule has 3 aromatic heterocycles. The molecule has 1 unspecified atom stereocenters. The molecule has 1 aromatic carbocycles. The molecular weight excluding hydrogens is 480 g/mol. The van der Waals surface area contributed by atoms with Crippen molar-refractivity contribution >= 4 is 33.7 Å². The standard InChI is InChI=1S/C34H36N4O/c1-19-11-20(2)32(21(3)12-19)33-28-10-9-24(36-28)13-23-7-8-25(35-23)15-31-34(5,6)17-26(37-31)14-29-27(22(4)18-39)16-30(33)38-29/h7-16,22,35-36,39H,17-18H2,1-6H3. The van der Waals surface area contributed by atoms with Crippen LogP contribution in [0.25, 0.3) is 44.8 Å². The highest BCUT2D eigenvalue weighted by Gasteiger charge is 2.29. The van der Waals surface area contributed by atoms with Crippen LogP contribution in [0.2, 0.25) is 0 Å². The van der Waals surface area contributed by atoms with Crippen molar-refractivity contribution < 1.29 is 5.11 Å². The fourth-order valence-electron chi connectivity index (χ4n) is 6.07. The Morgan fingerprint density at radius 2 is 1.51 bits per heavy atom. The Kier molecular flexibility index (Phi) is 6.07. The van der Waals surface area contributed by atoms with Crippen LogP contribution in [-0.2, 0) is 11.8 Å². The second-order valence-corrected chi connectivity index (χ2v) is 11.9. The SMILES string of the molecule is Cc1cc(C)c(-c2c3nc(cc4nc(cc5ccc(cc6ccc2[nH]6)[nH]5)C(C)(C)C4)C(C(C)CO)=C3)c(C)c1. The molecule has 0 aliphatic carbocycles. The van der Waals surface area contributed by atoms with Gasteiger partial charge >= 0.3 is 0 Å². The van der Waals surface area contributed by atoms with Gasteiger partial charge in [0.2, 0.25) is 0 Å². The summed E-state index contributed by atoms with van der Waals surface area (Å²) < 4.78 is 0. The summed E-state index contributed by atoms with van der Waals surface area (Å²) in [7, 11) is 0. The number of aliphatic hydroxyl groups is 1. The van der Waals surface area contributed by atoms with E-state index in [4.69, 9.17) is 9.97 Å². The molecule has 2 aliphatic rings. The molecular formula is C34H36N4O. The molecule has 5 heterocycles. The summed E-state index contributed by atoms with van der Waals surface area (Å²) in [6.07, 6.45) is 3.00. The van der Waals surface area contributed by atoms with Crippen molar-refractivity contribution in [3.63, 3.8) is 0 Å². The van der Waals surface area contributed by atoms with Gasteiger partial charge in [-0.15, -0.1) is 0 Å². The van der Waals surface area contributed by atoms with E-state index in [9.17, 15) is 5.11 Å². The first-order valence-corrected chi connectivity index (χ1v) is 13.7. The number of nitrogens with zero attached hydrogens (tertiary/aromatic N) is 2. The predicted octanol–water partition coefficient (Wildman–Crippen LogP) is 7.60. The zero-order valence-corrected chi connectivity index (χ0v) is 23.6. The summed E-state index contributed by atoms with van der Waals surface area (Å²) in [6.45, 7) is 13.1. The van der Waals surface area contributed by atoms with Gasteiger partial charge in [0.15, 0.2) is 0 Å². The van der Waals surface area contributed by atoms with E-state index in [1.165, 1.54) is 22.3 Å². The van der Waals surface area contributed by atoms with Crippen LogP contribution in [0.5, 0.6) is 0 Å². The Bertz CT molecular complexity index is 1780. The van der Waals surface area contributed by atoms with E-state index in [2.05, 4.69) is 112 Å². The van der Waals surface area contributed by atoms with Gasteiger partial charge in [0, 0.05) is 63.4 Å². The Hall–Kier alpha value is -3.96. The summed E-state index contributed by atoms with van der Waals surface area (Å²) in [4.78, 5) is 17.5. The highest BCUT2D eigenvalue weighted by Crippen LogP contribution is 2.39. The van der Waals surface area contributed by atoms with Crippen LogP contribution >= 0.6 is 0 Å². The normalized spacial score (nSPS) is 15.3. The van der Waals surface area contributed by atoms with Crippen LogP contribution in [0.1, 0.15) is 60.2 Å². The lowest BCUT2D eigenvalue weighted by Gasteiger charge is -2.15. The van der Waals surface area contributed by atoms with Crippen LogP contribution in [0.4, 0.5) is 0 Å². The summed E-state index contributed by atoms with van der Waals surface area (Å²) in [6, 6.07) is 19.4. The number of benzene rings is 1. The van der Waals surface area contributed by atoms with E-state index in [-0.39, 0.29) is 17.9 Å². The summed E-state index contributed by atoms with van der Waals surface area (Å²) in [5.74, 6) is -0.0457. The molecule has 0 spiro atoms. The first-order valence-electron chi connectivity index (χ1n) is 13.7. The number of nitrogens with one attached hydrogen (secondary N) is 2. The number of aromatic amines is 2. The van der Waals surface area contributed by atoms with E-state index in [1.807, 2.05) is 0 Å². The Morgan fingerprint density at radius 3 is 2.23 bits per heavy atom. The minimum absolute atomic E-state index is 0.0457. The van der Waals surface area contributed by atoms with Gasteiger partial charge in [-0.1, -0.05) is 38.5 Å². The molecule has 4 aromatic rings. The molecule has 0 saturated heterocycles. The van der Waals surface area contributed by atoms with Crippen molar-refractivity contribution in [1.29, 1.82) is 0 Å². The number of fused-ring (bicyclic) bond motifs is 8. The maximum atomic E-state index is 10.2. The highest BCUT2D eigenvalue weighted by molar-refractivity contribution is 5.96. The molecule has 5 nitrogen and oxygen atoms in total. The van der Waals surface area contributed by atoms with E-state index < -0.39 is 0 Å². The molecule has 6 rings (SSSR count). The predicted molar refractivity (Wildman–Crippen MR) is 161 cm³/mol. The quantitative estimate of drug-likeness (QED) is 0.262. The average Bonchev–Trinajstić information content (AvgIpc) is 3.64. The molecule has 0 radical (unpaired) electrons. The number of hydrogen-bond donors (Lipinski definition) is 3. The van der Waals surface area contributed by atoms with Crippen LogP contribution in [0.3, 0.4) is 0 Å². The van der Waals surface area contributed by atoms with Crippen molar-refractivity contribution in [3.8, 4) is 11.1 Å². The maximum Gasteiger partial charge on any atom is 0.0740 e. The number of aromatic nitrogens is 4. The number of aryl methyl sites for hydroxylation is 3. The first kappa shape index (κ1) is 25.3. The fourth-order valence-corrected chi connectivity index (χ4v) is 6.07. The molecule has 0 amide bonds. The second-order valence-electron chi connectivity index (χ2n) is 11.9. The number of H-pyrrole nitrogens is 2. The minimum Gasteiger partial charge on any atom is -0.396 e. The van der Waals surface area contributed by atoms with Crippen molar-refractivity contribution in [2.45, 2.75) is 53.4 Å². The average molecular weight is 517 g/mol. The van der Waals surface area contributed by atoms with Crippen molar-refractivity contribution in [1.82, 2.24) is 19.9 Å². The molecule has 2 aliphatic heterocycles. The van der Waals surface area contributed by atoms with E-state index in [0.717, 1.165) is 62.4 Å². The lowest BCUT2D eigenvalue weighted by Crippen LogP contribution is -2.15. The molecule has 5 heteroatoms. The third kappa shape index (κ3) is 4.61. The van der Waals surface area contributed by atoms with Gasteiger partial charge in [0.05, 0.1) is 11.4 Å². The van der Waals surface area contributed by atoms with Crippen LogP contribution < -0.4 is 0 Å². The van der Waals surface area contributed by atoms with Gasteiger partial charge in [0.1, 0.15) is 0 Å². The summed E-state index contributed by atoms with van der Waals surface area (Å²) >= 11 is 0. The molecule has 1 atom stereocenters. The van der Waals surface area contributed by atoms with E-state index in [0.29, 0.717) is 0 Å². The number of hydrogen-bond acceptors (Lipinski definition) is 3. The monoisotopic (exact) mass is 516 g/mol. The van der Waals surface area contributed by atoms with Crippen molar-refractivity contribution in [2.24, 2.45) is 5.92 Å². The summed E-state index contributed by atoms with van der Waals surface area (Å²) in [5, 5.41) is 10.2. The van der Waals surface area contributed by atoms with Crippen LogP contribution in [-0.4, -0.2) is 31.6 Å². The topological polar surface area (TPSA) is 77.6 Å². The number of aliphatic hydroxyl groups excluding tert-OH is 1. The Balaban J connectivity index is 1.77. The van der Waals surface area contributed by atoms with Gasteiger partial charge < -0.3 is 15.1 Å².